The van der Waals surface area contributed by atoms with Gasteiger partial charge in [0.25, 0.3) is 17.7 Å². The van der Waals surface area contributed by atoms with E-state index in [-0.39, 0.29) is 59.6 Å². The second-order valence-electron chi connectivity index (χ2n) is 10.8. The number of esters is 1. The van der Waals surface area contributed by atoms with E-state index in [1.807, 2.05) is 0 Å². The second kappa shape index (κ2) is 15.5. The number of urea groups is 1. The van der Waals surface area contributed by atoms with Crippen molar-refractivity contribution in [2.45, 2.75) is 107 Å². The number of ether oxygens (including phenoxy) is 1. The Morgan fingerprint density at radius 1 is 1.02 bits per heavy atom. The van der Waals surface area contributed by atoms with E-state index in [9.17, 15) is 34.0 Å². The van der Waals surface area contributed by atoms with Gasteiger partial charge < -0.3 is 14.9 Å². The molecule has 4 rings (SSSR count). The molecule has 234 valence electrons. The summed E-state index contributed by atoms with van der Waals surface area (Å²) in [5.41, 5.74) is 5.85. The van der Waals surface area contributed by atoms with Crippen LogP contribution in [0.4, 0.5) is 4.79 Å². The van der Waals surface area contributed by atoms with E-state index < -0.39 is 23.9 Å². The van der Waals surface area contributed by atoms with E-state index >= 15 is 0 Å². The highest BCUT2D eigenvalue weighted by molar-refractivity contribution is 8.00. The second-order valence-corrected chi connectivity index (χ2v) is 12.1. The van der Waals surface area contributed by atoms with Crippen molar-refractivity contribution in [3.8, 4) is 0 Å². The maximum absolute atomic E-state index is 13.4. The molecule has 4 saturated heterocycles. The van der Waals surface area contributed by atoms with Gasteiger partial charge in [-0.1, -0.05) is 19.3 Å². The van der Waals surface area contributed by atoms with Gasteiger partial charge >= 0.3 is 18.0 Å². The van der Waals surface area contributed by atoms with Gasteiger partial charge in [-0.2, -0.15) is 27.4 Å². The molecule has 1 unspecified atom stereocenters. The molecule has 4 aliphatic rings. The number of amides is 5. The minimum atomic E-state index is -1.29. The number of carbonyl (C=O) groups is 6. The predicted octanol–water partition coefficient (Wildman–Crippen LogP) is 0.915. The molecule has 4 atom stereocenters. The molecule has 15 nitrogen and oxygen atoms in total. The number of hydroxylamine groups is 3. The van der Waals surface area contributed by atoms with Crippen molar-refractivity contribution >= 4 is 47.5 Å². The first-order chi connectivity index (χ1) is 20.3. The number of nitrogens with zero attached hydrogens (tertiary/aromatic N) is 3. The number of imide groups is 1. The summed E-state index contributed by atoms with van der Waals surface area (Å²) in [6.45, 7) is 0.889. The standard InChI is InChI=1S/C26H40N6O9S/c33-20-10-3-1-8-14-28-41-23(36)12-6-5-9-19-24-17(16-42-19)29-26(38)30(24)32(20)27-13-7-2-4-11-22(35)40-18-15-21(34)31(39)25(18)37/h17-19,24,27-28,39H,1-16H2,(H,29,38)/t17-,18?,19-,24-/m1/s1. The van der Waals surface area contributed by atoms with Gasteiger partial charge in [-0.25, -0.2) is 15.2 Å². The molecule has 0 spiro atoms. The Morgan fingerprint density at radius 3 is 2.62 bits per heavy atom. The van der Waals surface area contributed by atoms with E-state index in [0.717, 1.165) is 31.4 Å². The molecule has 42 heavy (non-hydrogen) atoms. The molecule has 0 saturated carbocycles. The number of carbonyl (C=O) groups excluding carboxylic acids is 6. The van der Waals surface area contributed by atoms with Gasteiger partial charge in [0, 0.05) is 43.4 Å². The van der Waals surface area contributed by atoms with Crippen molar-refractivity contribution in [2.24, 2.45) is 0 Å². The SMILES string of the molecule is O=C1CCCC[C@H]2SC[C@H]3NC(=O)N([C@H]32)N(NCCCCCC(=O)OC2CC(=O)N(O)C2=O)C(=O)CCCCCNO1. The normalized spacial score (nSPS) is 28.0. The molecule has 0 bridgehead atoms. The zero-order valence-corrected chi connectivity index (χ0v) is 24.4. The first kappa shape index (κ1) is 32.0. The Bertz CT molecular complexity index is 1030. The van der Waals surface area contributed by atoms with Crippen LogP contribution in [0.15, 0.2) is 0 Å². The van der Waals surface area contributed by atoms with Crippen LogP contribution in [0.5, 0.6) is 0 Å². The number of rotatable bonds is 8. The Balaban J connectivity index is 1.29. The highest BCUT2D eigenvalue weighted by Crippen LogP contribution is 2.38. The van der Waals surface area contributed by atoms with Gasteiger partial charge in [0.05, 0.1) is 18.5 Å². The predicted molar refractivity (Wildman–Crippen MR) is 147 cm³/mol. The highest BCUT2D eigenvalue weighted by Gasteiger charge is 2.51. The maximum Gasteiger partial charge on any atom is 0.338 e. The van der Waals surface area contributed by atoms with E-state index in [4.69, 9.17) is 9.57 Å². The van der Waals surface area contributed by atoms with Crippen LogP contribution in [0, 0.1) is 0 Å². The van der Waals surface area contributed by atoms with Crippen molar-refractivity contribution in [3.63, 3.8) is 0 Å². The van der Waals surface area contributed by atoms with Gasteiger partial charge in [-0.15, -0.1) is 0 Å². The van der Waals surface area contributed by atoms with Crippen molar-refractivity contribution < 1.29 is 43.5 Å². The summed E-state index contributed by atoms with van der Waals surface area (Å²) in [5, 5.41) is 15.3. The van der Waals surface area contributed by atoms with Crippen LogP contribution in [0.3, 0.4) is 0 Å². The van der Waals surface area contributed by atoms with Gasteiger partial charge in [-0.3, -0.25) is 29.2 Å². The molecule has 16 heteroatoms. The minimum absolute atomic E-state index is 0.0286. The molecule has 0 aliphatic carbocycles. The third-order valence-electron chi connectivity index (χ3n) is 7.68. The zero-order valence-electron chi connectivity index (χ0n) is 23.6. The van der Waals surface area contributed by atoms with Crippen LogP contribution in [0.2, 0.25) is 0 Å². The fourth-order valence-electron chi connectivity index (χ4n) is 5.47. The largest absolute Gasteiger partial charge is 0.452 e. The number of hydrogen-bond donors (Lipinski definition) is 4. The lowest BCUT2D eigenvalue weighted by Gasteiger charge is -2.36. The van der Waals surface area contributed by atoms with Crippen LogP contribution >= 0.6 is 11.8 Å². The molecular formula is C26H40N6O9S. The van der Waals surface area contributed by atoms with Crippen LogP contribution in [-0.4, -0.2) is 98.4 Å². The number of thioether (sulfide) groups is 1. The highest BCUT2D eigenvalue weighted by atomic mass is 32.2. The number of unbranched alkanes of at least 4 members (excludes halogenated alkanes) is 2. The van der Waals surface area contributed by atoms with Crippen molar-refractivity contribution in [1.29, 1.82) is 0 Å². The van der Waals surface area contributed by atoms with Crippen molar-refractivity contribution in [2.75, 3.05) is 18.8 Å². The fraction of sp³-hybridized carbons (Fsp3) is 0.769. The average molecular weight is 613 g/mol. The van der Waals surface area contributed by atoms with Crippen LogP contribution in [0.25, 0.3) is 0 Å². The summed E-state index contributed by atoms with van der Waals surface area (Å²) in [6.07, 6.45) is 4.97. The summed E-state index contributed by atoms with van der Waals surface area (Å²) >= 11 is 1.76. The Morgan fingerprint density at radius 2 is 1.83 bits per heavy atom. The summed E-state index contributed by atoms with van der Waals surface area (Å²) < 4.78 is 5.02. The molecular weight excluding hydrogens is 572 g/mol. The van der Waals surface area contributed by atoms with Crippen LogP contribution < -0.4 is 16.2 Å². The first-order valence-electron chi connectivity index (χ1n) is 14.7. The lowest BCUT2D eigenvalue weighted by molar-refractivity contribution is -0.176. The maximum atomic E-state index is 13.4. The summed E-state index contributed by atoms with van der Waals surface area (Å²) in [7, 11) is 0. The third-order valence-corrected chi connectivity index (χ3v) is 9.18. The molecule has 4 heterocycles. The Labute approximate surface area is 248 Å². The number of nitrogens with one attached hydrogen (secondary N) is 3. The monoisotopic (exact) mass is 612 g/mol. The first-order valence-corrected chi connectivity index (χ1v) is 15.8. The molecule has 0 aromatic heterocycles. The van der Waals surface area contributed by atoms with Crippen molar-refractivity contribution in [3.05, 3.63) is 0 Å². The fourth-order valence-corrected chi connectivity index (χ4v) is 7.04. The van der Waals surface area contributed by atoms with Gasteiger partial charge in [-0.05, 0) is 38.5 Å². The van der Waals surface area contributed by atoms with Crippen LogP contribution in [-0.2, 0) is 33.5 Å². The minimum Gasteiger partial charge on any atom is -0.452 e. The summed E-state index contributed by atoms with van der Waals surface area (Å²) in [6, 6.07) is -0.587. The van der Waals surface area contributed by atoms with Crippen LogP contribution in [0.1, 0.15) is 83.5 Å². The quantitative estimate of drug-likeness (QED) is 0.1000. The Hall–Kier alpha value is -2.95. The third kappa shape index (κ3) is 8.33. The smallest absolute Gasteiger partial charge is 0.338 e. The van der Waals surface area contributed by atoms with Gasteiger partial charge in [0.15, 0.2) is 6.10 Å². The molecule has 4 aliphatic heterocycles. The lowest BCUT2D eigenvalue weighted by Crippen LogP contribution is -2.59. The van der Waals surface area contributed by atoms with E-state index in [2.05, 4.69) is 16.2 Å². The Kier molecular flexibility index (Phi) is 11.8. The number of hydrazine groups is 2. The molecule has 0 radical (unpaired) electrons. The van der Waals surface area contributed by atoms with E-state index in [0.29, 0.717) is 51.6 Å². The number of hydrogen-bond acceptors (Lipinski definition) is 12. The lowest BCUT2D eigenvalue weighted by atomic mass is 10.0. The molecule has 4 fully saturated rings. The van der Waals surface area contributed by atoms with E-state index in [1.165, 1.54) is 10.1 Å². The van der Waals surface area contributed by atoms with Crippen molar-refractivity contribution in [1.82, 2.24) is 31.4 Å². The topological polar surface area (TPSA) is 187 Å². The zero-order chi connectivity index (χ0) is 30.1. The van der Waals surface area contributed by atoms with Gasteiger partial charge in [0.1, 0.15) is 0 Å². The molecule has 0 aromatic carbocycles. The molecule has 5 amide bonds. The summed E-state index contributed by atoms with van der Waals surface area (Å²) in [5.74, 6) is -2.13. The summed E-state index contributed by atoms with van der Waals surface area (Å²) in [4.78, 5) is 78.6. The average Bonchev–Trinajstić information content (AvgIpc) is 3.57. The molecule has 4 N–H and O–H groups in total. The van der Waals surface area contributed by atoms with Gasteiger partial charge in [0.2, 0.25) is 0 Å². The van der Waals surface area contributed by atoms with E-state index in [1.54, 1.807) is 11.8 Å². The molecule has 0 aromatic rings.